The fraction of sp³-hybridized carbons (Fsp3) is 0.560. The summed E-state index contributed by atoms with van der Waals surface area (Å²) in [7, 11) is 0. The lowest BCUT2D eigenvalue weighted by atomic mass is 10.0. The Kier molecular flexibility index (Phi) is 10.2. The Hall–Kier alpha value is -2.45. The van der Waals surface area contributed by atoms with Crippen molar-refractivity contribution in [1.82, 2.24) is 20.5 Å². The van der Waals surface area contributed by atoms with Crippen molar-refractivity contribution >= 4 is 23.2 Å². The SMILES string of the molecule is CC(C)CCN1CC(=O)NCCCCCOc2cccc(C(=O)NCCc3nccs3)c2C1. The smallest absolute Gasteiger partial charge is 0.251 e. The third kappa shape index (κ3) is 8.44. The van der Waals surface area contributed by atoms with Gasteiger partial charge >= 0.3 is 0 Å². The molecule has 0 saturated carbocycles. The van der Waals surface area contributed by atoms with E-state index in [1.807, 2.05) is 23.6 Å². The molecule has 1 aromatic carbocycles. The van der Waals surface area contributed by atoms with E-state index in [1.54, 1.807) is 17.5 Å². The first-order valence-electron chi connectivity index (χ1n) is 11.9. The molecule has 0 atom stereocenters. The van der Waals surface area contributed by atoms with Crippen molar-refractivity contribution in [2.24, 2.45) is 5.92 Å². The lowest BCUT2D eigenvalue weighted by Gasteiger charge is -2.25. The van der Waals surface area contributed by atoms with Crippen LogP contribution >= 0.6 is 11.3 Å². The second kappa shape index (κ2) is 13.3. The van der Waals surface area contributed by atoms with E-state index in [9.17, 15) is 9.59 Å². The lowest BCUT2D eigenvalue weighted by Crippen LogP contribution is -2.38. The van der Waals surface area contributed by atoms with Crippen LogP contribution < -0.4 is 15.4 Å². The second-order valence-electron chi connectivity index (χ2n) is 8.87. The predicted octanol–water partition coefficient (Wildman–Crippen LogP) is 3.64. The Labute approximate surface area is 200 Å². The molecule has 2 heterocycles. The van der Waals surface area contributed by atoms with Gasteiger partial charge in [0.15, 0.2) is 0 Å². The summed E-state index contributed by atoms with van der Waals surface area (Å²) in [6.07, 6.45) is 6.30. The average molecular weight is 473 g/mol. The highest BCUT2D eigenvalue weighted by molar-refractivity contribution is 7.09. The summed E-state index contributed by atoms with van der Waals surface area (Å²) in [5, 5.41) is 9.01. The quantitative estimate of drug-likeness (QED) is 0.643. The van der Waals surface area contributed by atoms with Crippen LogP contribution in [0.2, 0.25) is 0 Å². The molecule has 3 rings (SSSR count). The van der Waals surface area contributed by atoms with Crippen molar-refractivity contribution in [1.29, 1.82) is 0 Å². The number of hydrogen-bond donors (Lipinski definition) is 2. The Morgan fingerprint density at radius 2 is 2.15 bits per heavy atom. The van der Waals surface area contributed by atoms with Crippen molar-refractivity contribution in [2.45, 2.75) is 52.5 Å². The van der Waals surface area contributed by atoms with Gasteiger partial charge in [0, 0.05) is 48.8 Å². The van der Waals surface area contributed by atoms with Crippen LogP contribution in [0.1, 0.15) is 60.5 Å². The van der Waals surface area contributed by atoms with Crippen LogP contribution in [0.4, 0.5) is 0 Å². The van der Waals surface area contributed by atoms with Crippen molar-refractivity contribution in [3.63, 3.8) is 0 Å². The van der Waals surface area contributed by atoms with Gasteiger partial charge in [0.1, 0.15) is 5.75 Å². The molecule has 7 nitrogen and oxygen atoms in total. The van der Waals surface area contributed by atoms with E-state index in [0.717, 1.165) is 48.5 Å². The Bertz CT molecular complexity index is 886. The second-order valence-corrected chi connectivity index (χ2v) is 9.85. The van der Waals surface area contributed by atoms with Crippen LogP contribution in [0, 0.1) is 5.92 Å². The Morgan fingerprint density at radius 1 is 1.27 bits per heavy atom. The Morgan fingerprint density at radius 3 is 2.94 bits per heavy atom. The minimum atomic E-state index is -0.121. The fourth-order valence-electron chi connectivity index (χ4n) is 3.78. The minimum Gasteiger partial charge on any atom is -0.493 e. The molecule has 0 saturated heterocycles. The fourth-order valence-corrected chi connectivity index (χ4v) is 4.40. The number of rotatable bonds is 7. The molecule has 1 aromatic heterocycles. The third-order valence-corrected chi connectivity index (χ3v) is 6.50. The van der Waals surface area contributed by atoms with E-state index >= 15 is 0 Å². The van der Waals surface area contributed by atoms with Crippen LogP contribution in [-0.4, -0.2) is 54.5 Å². The zero-order valence-corrected chi connectivity index (χ0v) is 20.6. The maximum Gasteiger partial charge on any atom is 0.251 e. The van der Waals surface area contributed by atoms with Crippen molar-refractivity contribution in [3.8, 4) is 5.75 Å². The highest BCUT2D eigenvalue weighted by Gasteiger charge is 2.21. The van der Waals surface area contributed by atoms with E-state index in [2.05, 4.69) is 34.4 Å². The van der Waals surface area contributed by atoms with E-state index in [0.29, 0.717) is 50.7 Å². The van der Waals surface area contributed by atoms with Gasteiger partial charge in [-0.15, -0.1) is 11.3 Å². The van der Waals surface area contributed by atoms with Gasteiger partial charge < -0.3 is 15.4 Å². The number of aromatic nitrogens is 1. The summed E-state index contributed by atoms with van der Waals surface area (Å²) in [5.41, 5.74) is 1.46. The Balaban J connectivity index is 1.80. The van der Waals surface area contributed by atoms with Crippen LogP contribution in [0.25, 0.3) is 0 Å². The molecule has 8 heteroatoms. The normalized spacial score (nSPS) is 16.0. The van der Waals surface area contributed by atoms with E-state index in [1.165, 1.54) is 0 Å². The van der Waals surface area contributed by atoms with Crippen LogP contribution in [0.15, 0.2) is 29.8 Å². The number of hydrogen-bond acceptors (Lipinski definition) is 6. The number of amides is 2. The molecule has 1 aliphatic heterocycles. The third-order valence-electron chi connectivity index (χ3n) is 5.66. The molecule has 180 valence electrons. The van der Waals surface area contributed by atoms with Gasteiger partial charge in [-0.3, -0.25) is 14.5 Å². The number of carbonyl (C=O) groups is 2. The molecule has 33 heavy (non-hydrogen) atoms. The van der Waals surface area contributed by atoms with E-state index < -0.39 is 0 Å². The molecule has 0 fully saturated rings. The summed E-state index contributed by atoms with van der Waals surface area (Å²) in [5.74, 6) is 1.17. The zero-order chi connectivity index (χ0) is 23.5. The first kappa shape index (κ1) is 25.2. The molecule has 0 radical (unpaired) electrons. The summed E-state index contributed by atoms with van der Waals surface area (Å²) in [6, 6.07) is 5.65. The van der Waals surface area contributed by atoms with Gasteiger partial charge in [-0.05, 0) is 50.3 Å². The van der Waals surface area contributed by atoms with E-state index in [4.69, 9.17) is 4.74 Å². The number of carbonyl (C=O) groups excluding carboxylic acids is 2. The molecule has 2 amide bonds. The topological polar surface area (TPSA) is 83.6 Å². The van der Waals surface area contributed by atoms with Crippen molar-refractivity contribution in [3.05, 3.63) is 45.9 Å². The molecular formula is C25H36N4O3S. The molecule has 2 N–H and O–H groups in total. The number of thiazole rings is 1. The van der Waals surface area contributed by atoms with Gasteiger partial charge in [0.2, 0.25) is 5.91 Å². The predicted molar refractivity (Wildman–Crippen MR) is 132 cm³/mol. The molecule has 0 bridgehead atoms. The van der Waals surface area contributed by atoms with Crippen LogP contribution in [0.3, 0.4) is 0 Å². The van der Waals surface area contributed by atoms with Gasteiger partial charge in [0.05, 0.1) is 18.2 Å². The number of benzene rings is 1. The van der Waals surface area contributed by atoms with Crippen molar-refractivity contribution < 1.29 is 14.3 Å². The number of nitrogens with one attached hydrogen (secondary N) is 2. The molecule has 0 aliphatic carbocycles. The van der Waals surface area contributed by atoms with Gasteiger partial charge in [-0.2, -0.15) is 0 Å². The van der Waals surface area contributed by atoms with Crippen LogP contribution in [-0.2, 0) is 17.8 Å². The summed E-state index contributed by atoms with van der Waals surface area (Å²) in [6.45, 7) is 7.76. The molecule has 1 aliphatic rings. The number of ether oxygens (including phenoxy) is 1. The maximum atomic E-state index is 13.1. The highest BCUT2D eigenvalue weighted by Crippen LogP contribution is 2.25. The maximum absolute atomic E-state index is 13.1. The standard InChI is InChI=1S/C25H36N4O3S/c1-19(2)10-14-29-17-21-20(25(31)28-12-9-24-27-13-16-33-24)7-6-8-22(21)32-15-5-3-4-11-26-23(30)18-29/h6-8,13,16,19H,3-5,9-12,14-15,17-18H2,1-2H3,(H,26,30)(H,28,31). The summed E-state index contributed by atoms with van der Waals surface area (Å²) < 4.78 is 6.14. The number of nitrogens with zero attached hydrogens (tertiary/aromatic N) is 2. The number of fused-ring (bicyclic) bond motifs is 1. The van der Waals surface area contributed by atoms with Crippen LogP contribution in [0.5, 0.6) is 5.75 Å². The van der Waals surface area contributed by atoms with Crippen molar-refractivity contribution in [2.75, 3.05) is 32.8 Å². The largest absolute Gasteiger partial charge is 0.493 e. The molecule has 0 spiro atoms. The van der Waals surface area contributed by atoms with Gasteiger partial charge in [-0.25, -0.2) is 4.98 Å². The monoisotopic (exact) mass is 472 g/mol. The molecular weight excluding hydrogens is 436 g/mol. The summed E-state index contributed by atoms with van der Waals surface area (Å²) >= 11 is 1.59. The van der Waals surface area contributed by atoms with Gasteiger partial charge in [-0.1, -0.05) is 19.9 Å². The summed E-state index contributed by atoms with van der Waals surface area (Å²) in [4.78, 5) is 32.1. The van der Waals surface area contributed by atoms with Gasteiger partial charge in [0.25, 0.3) is 5.91 Å². The molecule has 2 aromatic rings. The minimum absolute atomic E-state index is 0.0332. The lowest BCUT2D eigenvalue weighted by molar-refractivity contribution is -0.122. The first-order valence-corrected chi connectivity index (χ1v) is 12.8. The zero-order valence-electron chi connectivity index (χ0n) is 19.8. The highest BCUT2D eigenvalue weighted by atomic mass is 32.1. The molecule has 0 unspecified atom stereocenters. The first-order chi connectivity index (χ1) is 16.0. The average Bonchev–Trinajstić information content (AvgIpc) is 3.30. The van der Waals surface area contributed by atoms with E-state index in [-0.39, 0.29) is 11.8 Å².